The van der Waals surface area contributed by atoms with Gasteiger partial charge in [0.2, 0.25) is 5.91 Å². The molecule has 1 saturated heterocycles. The van der Waals surface area contributed by atoms with Crippen molar-refractivity contribution >= 4 is 28.4 Å². The summed E-state index contributed by atoms with van der Waals surface area (Å²) in [7, 11) is 0. The third-order valence-corrected chi connectivity index (χ3v) is 6.53. The third kappa shape index (κ3) is 3.86. The van der Waals surface area contributed by atoms with E-state index in [0.717, 1.165) is 4.88 Å². The van der Waals surface area contributed by atoms with Crippen LogP contribution in [0.25, 0.3) is 22.0 Å². The van der Waals surface area contributed by atoms with Crippen LogP contribution in [-0.4, -0.2) is 43.9 Å². The van der Waals surface area contributed by atoms with Crippen LogP contribution in [0.4, 0.5) is 14.3 Å². The van der Waals surface area contributed by atoms with Crippen LogP contribution in [0.2, 0.25) is 0 Å². The number of amides is 3. The maximum Gasteiger partial charge on any atom is 0.324 e. The van der Waals surface area contributed by atoms with Gasteiger partial charge in [0, 0.05) is 12.7 Å². The molecule has 1 aromatic carbocycles. The van der Waals surface area contributed by atoms with Crippen molar-refractivity contribution in [2.75, 3.05) is 11.9 Å². The molecule has 0 saturated carbocycles. The number of nitrogens with two attached hydrogens (primary N) is 1. The largest absolute Gasteiger partial charge is 0.368 e. The molecule has 31 heavy (non-hydrogen) atoms. The van der Waals surface area contributed by atoms with Crippen molar-refractivity contribution in [1.82, 2.24) is 19.9 Å². The van der Waals surface area contributed by atoms with Crippen LogP contribution in [0.5, 0.6) is 0 Å². The van der Waals surface area contributed by atoms with E-state index in [0.29, 0.717) is 41.5 Å². The molecule has 3 N–H and O–H groups in total. The van der Waals surface area contributed by atoms with Gasteiger partial charge in [0.1, 0.15) is 11.4 Å². The first-order valence-corrected chi connectivity index (χ1v) is 10.6. The number of primary amides is 1. The van der Waals surface area contributed by atoms with Crippen molar-refractivity contribution in [3.63, 3.8) is 0 Å². The summed E-state index contributed by atoms with van der Waals surface area (Å²) < 4.78 is 14.1. The highest BCUT2D eigenvalue weighted by Gasteiger charge is 2.44. The summed E-state index contributed by atoms with van der Waals surface area (Å²) in [5, 5.41) is 3.14. The van der Waals surface area contributed by atoms with Gasteiger partial charge in [0.05, 0.1) is 21.8 Å². The Hall–Kier alpha value is -3.40. The molecule has 0 aliphatic carbocycles. The van der Waals surface area contributed by atoms with Gasteiger partial charge in [-0.2, -0.15) is 0 Å². The van der Waals surface area contributed by atoms with Crippen LogP contribution < -0.4 is 11.1 Å². The van der Waals surface area contributed by atoms with Crippen LogP contribution in [0.3, 0.4) is 0 Å². The molecule has 0 bridgehead atoms. The molecule has 1 fully saturated rings. The number of carbonyl (C=O) groups excluding carboxylic acids is 2. The number of nitrogens with zero attached hydrogens (tertiary/aromatic N) is 4. The van der Waals surface area contributed by atoms with E-state index in [9.17, 15) is 14.0 Å². The number of hydrogen-bond acceptors (Lipinski definition) is 6. The Morgan fingerprint density at radius 2 is 2.03 bits per heavy atom. The summed E-state index contributed by atoms with van der Waals surface area (Å²) in [5.41, 5.74) is 6.05. The lowest BCUT2D eigenvalue weighted by atomic mass is 9.98. The average Bonchev–Trinajstić information content (AvgIpc) is 3.32. The van der Waals surface area contributed by atoms with E-state index >= 15 is 0 Å². The highest BCUT2D eigenvalue weighted by atomic mass is 32.1. The van der Waals surface area contributed by atoms with Gasteiger partial charge in [-0.3, -0.25) is 10.1 Å². The molecule has 3 heterocycles. The molecule has 0 spiro atoms. The van der Waals surface area contributed by atoms with Gasteiger partial charge in [-0.1, -0.05) is 23.5 Å². The second kappa shape index (κ2) is 8.03. The number of urea groups is 1. The first-order valence-electron chi connectivity index (χ1n) is 9.74. The summed E-state index contributed by atoms with van der Waals surface area (Å²) in [4.78, 5) is 39.9. The SMILES string of the molecule is Cc1nc(NC(=O)N2CCC[C@@]2(C)C(N)=O)sc1-c1ccnc(-c2ccccc2F)n1. The Balaban J connectivity index is 1.59. The molecule has 8 nitrogen and oxygen atoms in total. The van der Waals surface area contributed by atoms with Gasteiger partial charge in [-0.25, -0.2) is 24.1 Å². The van der Waals surface area contributed by atoms with E-state index in [2.05, 4.69) is 20.3 Å². The minimum Gasteiger partial charge on any atom is -0.368 e. The highest BCUT2D eigenvalue weighted by molar-refractivity contribution is 7.19. The normalized spacial score (nSPS) is 18.2. The van der Waals surface area contributed by atoms with Crippen LogP contribution in [0.1, 0.15) is 25.5 Å². The van der Waals surface area contributed by atoms with E-state index in [1.165, 1.54) is 22.3 Å². The minimum atomic E-state index is -1.01. The molecule has 4 rings (SSSR count). The number of rotatable bonds is 4. The van der Waals surface area contributed by atoms with Crippen molar-refractivity contribution in [1.29, 1.82) is 0 Å². The predicted octanol–water partition coefficient (Wildman–Crippen LogP) is 3.59. The molecule has 2 aromatic heterocycles. The fourth-order valence-corrected chi connectivity index (χ4v) is 4.57. The quantitative estimate of drug-likeness (QED) is 0.644. The number of nitrogens with one attached hydrogen (secondary N) is 1. The smallest absolute Gasteiger partial charge is 0.324 e. The second-order valence-electron chi connectivity index (χ2n) is 7.50. The first-order chi connectivity index (χ1) is 14.8. The maximum absolute atomic E-state index is 14.1. The molecule has 0 radical (unpaired) electrons. The fourth-order valence-electron chi connectivity index (χ4n) is 3.65. The molecule has 3 amide bonds. The number of halogens is 1. The summed E-state index contributed by atoms with van der Waals surface area (Å²) in [6.45, 7) is 3.92. The first kappa shape index (κ1) is 20.9. The molecule has 3 aromatic rings. The summed E-state index contributed by atoms with van der Waals surface area (Å²) in [6, 6.07) is 7.59. The van der Waals surface area contributed by atoms with E-state index in [1.807, 2.05) is 0 Å². The van der Waals surface area contributed by atoms with Crippen LogP contribution in [0.15, 0.2) is 36.5 Å². The number of thiazole rings is 1. The number of benzene rings is 1. The lowest BCUT2D eigenvalue weighted by molar-refractivity contribution is -0.126. The lowest BCUT2D eigenvalue weighted by Crippen LogP contribution is -2.55. The van der Waals surface area contributed by atoms with Gasteiger partial charge >= 0.3 is 6.03 Å². The van der Waals surface area contributed by atoms with Crippen molar-refractivity contribution in [3.05, 3.63) is 48.0 Å². The number of anilines is 1. The zero-order valence-corrected chi connectivity index (χ0v) is 17.9. The standard InChI is InChI=1S/C21H21FN6O2S/c1-12-16(15-8-10-24-17(26-15)13-6-3-4-7-14(13)22)31-19(25-12)27-20(30)28-11-5-9-21(28,2)18(23)29/h3-4,6-8,10H,5,9,11H2,1-2H3,(H2,23,29)(H,25,27,30)/t21-/m0/s1. The van der Waals surface area contributed by atoms with Crippen molar-refractivity contribution < 1.29 is 14.0 Å². The molecule has 1 aliphatic heterocycles. The molecule has 160 valence electrons. The van der Waals surface area contributed by atoms with Gasteiger partial charge in [0.25, 0.3) is 0 Å². The van der Waals surface area contributed by atoms with Crippen LogP contribution in [-0.2, 0) is 4.79 Å². The zero-order chi connectivity index (χ0) is 22.2. The Labute approximate surface area is 182 Å². The zero-order valence-electron chi connectivity index (χ0n) is 17.1. The van der Waals surface area contributed by atoms with E-state index in [1.54, 1.807) is 44.3 Å². The molecule has 0 unspecified atom stereocenters. The Bertz CT molecular complexity index is 1170. The fraction of sp³-hybridized carbons (Fsp3) is 0.286. The van der Waals surface area contributed by atoms with Crippen molar-refractivity contribution in [2.45, 2.75) is 32.2 Å². The Kier molecular flexibility index (Phi) is 5.40. The van der Waals surface area contributed by atoms with Gasteiger partial charge < -0.3 is 10.6 Å². The van der Waals surface area contributed by atoms with Crippen LogP contribution >= 0.6 is 11.3 Å². The van der Waals surface area contributed by atoms with Gasteiger partial charge in [-0.05, 0) is 44.9 Å². The van der Waals surface area contributed by atoms with Gasteiger partial charge in [-0.15, -0.1) is 0 Å². The summed E-state index contributed by atoms with van der Waals surface area (Å²) in [6.07, 6.45) is 2.79. The monoisotopic (exact) mass is 440 g/mol. The number of aryl methyl sites for hydroxylation is 1. The van der Waals surface area contributed by atoms with E-state index < -0.39 is 23.3 Å². The topological polar surface area (TPSA) is 114 Å². The number of aromatic nitrogens is 3. The van der Waals surface area contributed by atoms with E-state index in [4.69, 9.17) is 5.73 Å². The molecular weight excluding hydrogens is 419 g/mol. The van der Waals surface area contributed by atoms with Crippen molar-refractivity contribution in [2.24, 2.45) is 5.73 Å². The van der Waals surface area contributed by atoms with Crippen LogP contribution in [0, 0.1) is 12.7 Å². The minimum absolute atomic E-state index is 0.267. The Morgan fingerprint density at radius 1 is 1.26 bits per heavy atom. The Morgan fingerprint density at radius 3 is 2.77 bits per heavy atom. The average molecular weight is 441 g/mol. The summed E-state index contributed by atoms with van der Waals surface area (Å²) >= 11 is 1.25. The number of hydrogen-bond donors (Lipinski definition) is 2. The number of carbonyl (C=O) groups is 2. The molecule has 1 aliphatic rings. The molecule has 10 heteroatoms. The lowest BCUT2D eigenvalue weighted by Gasteiger charge is -2.31. The van der Waals surface area contributed by atoms with Gasteiger partial charge in [0.15, 0.2) is 11.0 Å². The van der Waals surface area contributed by atoms with Crippen molar-refractivity contribution in [3.8, 4) is 22.0 Å². The number of likely N-dealkylation sites (tertiary alicyclic amines) is 1. The molecular formula is C21H21FN6O2S. The second-order valence-corrected chi connectivity index (χ2v) is 8.50. The van der Waals surface area contributed by atoms with E-state index in [-0.39, 0.29) is 5.82 Å². The summed E-state index contributed by atoms with van der Waals surface area (Å²) in [5.74, 6) is -0.669. The predicted molar refractivity (Wildman–Crippen MR) is 116 cm³/mol. The highest BCUT2D eigenvalue weighted by Crippen LogP contribution is 2.34. The maximum atomic E-state index is 14.1. The third-order valence-electron chi connectivity index (χ3n) is 5.43. The molecule has 1 atom stereocenters.